The molecule has 0 amide bonds. The number of carboxylic acid groups (broad SMARTS) is 1. The van der Waals surface area contributed by atoms with Crippen LogP contribution in [0.25, 0.3) is 0 Å². The summed E-state index contributed by atoms with van der Waals surface area (Å²) in [7, 11) is 0. The maximum atomic E-state index is 10.9. The number of rotatable bonds is 6. The number of benzene rings is 1. The van der Waals surface area contributed by atoms with E-state index in [1.165, 1.54) is 0 Å². The molecular weight excluding hydrogens is 242 g/mol. The number of carboxylic acids is 1. The van der Waals surface area contributed by atoms with Crippen molar-refractivity contribution in [2.45, 2.75) is 39.7 Å². The van der Waals surface area contributed by atoms with Gasteiger partial charge in [-0.25, -0.2) is 4.79 Å². The van der Waals surface area contributed by atoms with Crippen LogP contribution in [0.5, 0.6) is 0 Å². The van der Waals surface area contributed by atoms with E-state index in [1.54, 1.807) is 32.0 Å². The van der Waals surface area contributed by atoms with Gasteiger partial charge in [-0.2, -0.15) is 0 Å². The quantitative estimate of drug-likeness (QED) is 0.739. The topological polar surface area (TPSA) is 69.6 Å². The molecule has 0 aromatic heterocycles. The lowest BCUT2D eigenvalue weighted by molar-refractivity contribution is 0.0515. The van der Waals surface area contributed by atoms with Crippen molar-refractivity contribution >= 4 is 11.7 Å². The first-order valence-corrected chi connectivity index (χ1v) is 6.51. The summed E-state index contributed by atoms with van der Waals surface area (Å²) < 4.78 is 0. The van der Waals surface area contributed by atoms with Crippen LogP contribution in [0.4, 0.5) is 5.69 Å². The van der Waals surface area contributed by atoms with E-state index in [-0.39, 0.29) is 0 Å². The van der Waals surface area contributed by atoms with Gasteiger partial charge >= 0.3 is 5.97 Å². The third-order valence-electron chi connectivity index (χ3n) is 2.98. The second kappa shape index (κ2) is 6.06. The van der Waals surface area contributed by atoms with Crippen LogP contribution >= 0.6 is 0 Å². The molecule has 1 aromatic carbocycles. The Kier molecular flexibility index (Phi) is 4.95. The van der Waals surface area contributed by atoms with Crippen LogP contribution in [0.1, 0.15) is 43.1 Å². The van der Waals surface area contributed by atoms with Gasteiger partial charge in [0.25, 0.3) is 0 Å². The maximum absolute atomic E-state index is 10.9. The number of hydrogen-bond donors (Lipinski definition) is 3. The summed E-state index contributed by atoms with van der Waals surface area (Å²) in [5.74, 6) is -0.497. The zero-order valence-corrected chi connectivity index (χ0v) is 12.0. The van der Waals surface area contributed by atoms with Crippen LogP contribution in [0.3, 0.4) is 0 Å². The molecule has 0 aliphatic carbocycles. The van der Waals surface area contributed by atoms with Crippen molar-refractivity contribution in [2.75, 3.05) is 11.9 Å². The summed E-state index contributed by atoms with van der Waals surface area (Å²) in [4.78, 5) is 10.9. The van der Waals surface area contributed by atoms with Gasteiger partial charge in [-0.05, 0) is 49.9 Å². The first-order valence-electron chi connectivity index (χ1n) is 6.51. The fraction of sp³-hybridized carbons (Fsp3) is 0.533. The Morgan fingerprint density at radius 3 is 2.53 bits per heavy atom. The van der Waals surface area contributed by atoms with Crippen molar-refractivity contribution in [3.63, 3.8) is 0 Å². The molecule has 1 aromatic rings. The molecule has 1 unspecified atom stereocenters. The summed E-state index contributed by atoms with van der Waals surface area (Å²) in [6, 6.07) is 5.09. The number of aliphatic hydroxyl groups is 1. The summed E-state index contributed by atoms with van der Waals surface area (Å²) in [5.41, 5.74) is 1.07. The smallest absolute Gasteiger partial charge is 0.335 e. The van der Waals surface area contributed by atoms with E-state index < -0.39 is 11.6 Å². The highest BCUT2D eigenvalue weighted by Gasteiger charge is 2.21. The second-order valence-electron chi connectivity index (χ2n) is 5.78. The first-order chi connectivity index (χ1) is 8.71. The van der Waals surface area contributed by atoms with Gasteiger partial charge in [0.15, 0.2) is 0 Å². The summed E-state index contributed by atoms with van der Waals surface area (Å²) in [5, 5.41) is 22.3. The lowest BCUT2D eigenvalue weighted by atomic mass is 9.94. The molecule has 106 valence electrons. The first kappa shape index (κ1) is 15.5. The van der Waals surface area contributed by atoms with Crippen LogP contribution in [-0.4, -0.2) is 28.3 Å². The second-order valence-corrected chi connectivity index (χ2v) is 5.78. The average molecular weight is 265 g/mol. The van der Waals surface area contributed by atoms with E-state index in [2.05, 4.69) is 19.2 Å². The summed E-state index contributed by atoms with van der Waals surface area (Å²) in [6.45, 7) is 8.15. The van der Waals surface area contributed by atoms with Crippen molar-refractivity contribution in [2.24, 2.45) is 5.92 Å². The van der Waals surface area contributed by atoms with Crippen LogP contribution in [0.2, 0.25) is 0 Å². The molecule has 0 saturated heterocycles. The Balaban J connectivity index is 2.69. The number of hydrogen-bond acceptors (Lipinski definition) is 3. The maximum Gasteiger partial charge on any atom is 0.335 e. The third kappa shape index (κ3) is 4.91. The van der Waals surface area contributed by atoms with E-state index in [1.807, 2.05) is 0 Å². The Labute approximate surface area is 114 Å². The highest BCUT2D eigenvalue weighted by Crippen LogP contribution is 2.19. The Hall–Kier alpha value is -1.55. The van der Waals surface area contributed by atoms with Gasteiger partial charge < -0.3 is 15.5 Å². The summed E-state index contributed by atoms with van der Waals surface area (Å²) >= 11 is 0. The molecule has 1 atom stereocenters. The van der Waals surface area contributed by atoms with E-state index >= 15 is 0 Å². The molecule has 0 fully saturated rings. The minimum atomic E-state index is -0.921. The van der Waals surface area contributed by atoms with E-state index in [0.29, 0.717) is 30.0 Å². The van der Waals surface area contributed by atoms with Crippen LogP contribution in [0, 0.1) is 12.8 Å². The van der Waals surface area contributed by atoms with Crippen molar-refractivity contribution in [3.05, 3.63) is 29.3 Å². The highest BCUT2D eigenvalue weighted by atomic mass is 16.4. The monoisotopic (exact) mass is 265 g/mol. The Morgan fingerprint density at radius 2 is 2.05 bits per heavy atom. The number of anilines is 1. The molecule has 0 heterocycles. The van der Waals surface area contributed by atoms with Gasteiger partial charge in [0.2, 0.25) is 0 Å². The van der Waals surface area contributed by atoms with Crippen molar-refractivity contribution in [1.29, 1.82) is 0 Å². The summed E-state index contributed by atoms with van der Waals surface area (Å²) in [6.07, 6.45) is 0.714. The molecule has 19 heavy (non-hydrogen) atoms. The number of aromatic carboxylic acids is 1. The van der Waals surface area contributed by atoms with Crippen molar-refractivity contribution in [1.82, 2.24) is 0 Å². The van der Waals surface area contributed by atoms with E-state index in [4.69, 9.17) is 5.11 Å². The normalized spacial score (nSPS) is 14.2. The third-order valence-corrected chi connectivity index (χ3v) is 2.98. The largest absolute Gasteiger partial charge is 0.478 e. The lowest BCUT2D eigenvalue weighted by Crippen LogP contribution is -2.34. The molecule has 0 radical (unpaired) electrons. The SMILES string of the molecule is Cc1cc(NCC(C)(O)CC(C)C)ccc1C(=O)O. The van der Waals surface area contributed by atoms with Gasteiger partial charge in [0.05, 0.1) is 11.2 Å². The zero-order valence-electron chi connectivity index (χ0n) is 12.0. The van der Waals surface area contributed by atoms with E-state index in [9.17, 15) is 9.90 Å². The van der Waals surface area contributed by atoms with Gasteiger partial charge in [-0.3, -0.25) is 0 Å². The van der Waals surface area contributed by atoms with Crippen LogP contribution < -0.4 is 5.32 Å². The van der Waals surface area contributed by atoms with Crippen LogP contribution in [-0.2, 0) is 0 Å². The van der Waals surface area contributed by atoms with Gasteiger partial charge in [-0.1, -0.05) is 13.8 Å². The minimum absolute atomic E-state index is 0.305. The van der Waals surface area contributed by atoms with Gasteiger partial charge in [0, 0.05) is 12.2 Å². The number of aryl methyl sites for hydroxylation is 1. The zero-order chi connectivity index (χ0) is 14.6. The molecular formula is C15H23NO3. The number of carbonyl (C=O) groups is 1. The highest BCUT2D eigenvalue weighted by molar-refractivity contribution is 5.89. The molecule has 0 aliphatic rings. The van der Waals surface area contributed by atoms with Gasteiger partial charge in [0.1, 0.15) is 0 Å². The van der Waals surface area contributed by atoms with E-state index in [0.717, 1.165) is 5.69 Å². The molecule has 4 heteroatoms. The molecule has 0 bridgehead atoms. The molecule has 0 saturated carbocycles. The molecule has 1 rings (SSSR count). The molecule has 4 nitrogen and oxygen atoms in total. The Bertz CT molecular complexity index is 453. The van der Waals surface area contributed by atoms with Crippen molar-refractivity contribution < 1.29 is 15.0 Å². The number of nitrogens with one attached hydrogen (secondary N) is 1. The molecule has 0 aliphatic heterocycles. The average Bonchev–Trinajstić information content (AvgIpc) is 2.24. The van der Waals surface area contributed by atoms with Crippen LogP contribution in [0.15, 0.2) is 18.2 Å². The minimum Gasteiger partial charge on any atom is -0.478 e. The fourth-order valence-corrected chi connectivity index (χ4v) is 2.26. The predicted molar refractivity (Wildman–Crippen MR) is 76.7 cm³/mol. The Morgan fingerprint density at radius 1 is 1.42 bits per heavy atom. The standard InChI is InChI=1S/C15H23NO3/c1-10(2)8-15(4,19)9-16-12-5-6-13(14(17)18)11(3)7-12/h5-7,10,16,19H,8-9H2,1-4H3,(H,17,18). The van der Waals surface area contributed by atoms with Gasteiger partial charge in [-0.15, -0.1) is 0 Å². The fourth-order valence-electron chi connectivity index (χ4n) is 2.26. The lowest BCUT2D eigenvalue weighted by Gasteiger charge is -2.26. The molecule has 0 spiro atoms. The molecule has 3 N–H and O–H groups in total. The van der Waals surface area contributed by atoms with Crippen molar-refractivity contribution in [3.8, 4) is 0 Å². The predicted octanol–water partition coefficient (Wildman–Crippen LogP) is 2.90.